The van der Waals surface area contributed by atoms with E-state index in [-0.39, 0.29) is 6.29 Å². The molecule has 0 fully saturated rings. The summed E-state index contributed by atoms with van der Waals surface area (Å²) in [5.41, 5.74) is 0. The monoisotopic (exact) mass is 178 g/mol. The first-order chi connectivity index (χ1) is 5.85. The van der Waals surface area contributed by atoms with E-state index in [2.05, 4.69) is 0 Å². The van der Waals surface area contributed by atoms with E-state index in [1.54, 1.807) is 14.2 Å². The molecule has 0 spiro atoms. The van der Waals surface area contributed by atoms with Gasteiger partial charge in [0.25, 0.3) is 0 Å². The van der Waals surface area contributed by atoms with Crippen molar-refractivity contribution < 1.29 is 14.2 Å². The maximum Gasteiger partial charge on any atom is 0.159 e. The van der Waals surface area contributed by atoms with Gasteiger partial charge in [0.15, 0.2) is 6.29 Å². The Kier molecular flexibility index (Phi) is 16.2. The zero-order chi connectivity index (χ0) is 9.82. The smallest absolute Gasteiger partial charge is 0.159 e. The normalized spacial score (nSPS) is 11.8. The molecule has 0 aromatic rings. The minimum absolute atomic E-state index is 0.107. The van der Waals surface area contributed by atoms with Crippen LogP contribution in [0.1, 0.15) is 27.2 Å². The summed E-state index contributed by atoms with van der Waals surface area (Å²) in [6.45, 7) is 7.31. The topological polar surface area (TPSA) is 27.7 Å². The van der Waals surface area contributed by atoms with E-state index in [0.717, 1.165) is 6.42 Å². The van der Waals surface area contributed by atoms with Crippen molar-refractivity contribution in [3.8, 4) is 0 Å². The molecule has 0 N–H and O–H groups in total. The summed E-state index contributed by atoms with van der Waals surface area (Å²) in [4.78, 5) is 0. The molecular weight excluding hydrogens is 156 g/mol. The molecule has 0 radical (unpaired) electrons. The third-order valence-electron chi connectivity index (χ3n) is 1.17. The zero-order valence-corrected chi connectivity index (χ0v) is 8.92. The van der Waals surface area contributed by atoms with Gasteiger partial charge in [0.05, 0.1) is 6.61 Å². The molecule has 76 valence electrons. The Balaban J connectivity index is 0. The van der Waals surface area contributed by atoms with Gasteiger partial charge in [-0.1, -0.05) is 13.8 Å². The van der Waals surface area contributed by atoms with Crippen LogP contribution < -0.4 is 0 Å². The van der Waals surface area contributed by atoms with Crippen LogP contribution in [0.3, 0.4) is 0 Å². The van der Waals surface area contributed by atoms with Crippen LogP contribution >= 0.6 is 0 Å². The fraction of sp³-hybridized carbons (Fsp3) is 1.00. The summed E-state index contributed by atoms with van der Waals surface area (Å²) in [6.07, 6.45) is 0.686. The Labute approximate surface area is 76.0 Å². The van der Waals surface area contributed by atoms with Crippen LogP contribution in [-0.4, -0.2) is 33.7 Å². The molecule has 0 aliphatic rings. The largest absolute Gasteiger partial charge is 0.384 e. The van der Waals surface area contributed by atoms with Gasteiger partial charge < -0.3 is 14.2 Å². The lowest BCUT2D eigenvalue weighted by Gasteiger charge is -2.13. The first-order valence-corrected chi connectivity index (χ1v) is 4.48. The van der Waals surface area contributed by atoms with Crippen LogP contribution in [0, 0.1) is 0 Å². The second kappa shape index (κ2) is 13.5. The van der Waals surface area contributed by atoms with Gasteiger partial charge in [0.2, 0.25) is 0 Å². The maximum atomic E-state index is 5.19. The van der Waals surface area contributed by atoms with Crippen LogP contribution in [-0.2, 0) is 14.2 Å². The second-order valence-electron chi connectivity index (χ2n) is 1.90. The molecule has 1 atom stereocenters. The van der Waals surface area contributed by atoms with Gasteiger partial charge in [0, 0.05) is 27.2 Å². The quantitative estimate of drug-likeness (QED) is 0.583. The average molecular weight is 178 g/mol. The predicted molar refractivity (Wildman–Crippen MR) is 50.3 cm³/mol. The molecule has 0 rings (SSSR count). The van der Waals surface area contributed by atoms with Crippen LogP contribution in [0.25, 0.3) is 0 Å². The zero-order valence-electron chi connectivity index (χ0n) is 8.92. The van der Waals surface area contributed by atoms with Crippen LogP contribution in [0.4, 0.5) is 0 Å². The molecular formula is C9H22O3. The first-order valence-electron chi connectivity index (χ1n) is 4.48. The Morgan fingerprint density at radius 1 is 1.17 bits per heavy atom. The molecule has 0 heterocycles. The number of ether oxygens (including phenoxy) is 3. The third kappa shape index (κ3) is 9.88. The molecule has 0 amide bonds. The molecule has 3 nitrogen and oxygen atoms in total. The second-order valence-corrected chi connectivity index (χ2v) is 1.90. The Morgan fingerprint density at radius 3 is 2.08 bits per heavy atom. The van der Waals surface area contributed by atoms with E-state index in [9.17, 15) is 0 Å². The molecule has 0 aromatic heterocycles. The van der Waals surface area contributed by atoms with Gasteiger partial charge in [-0.15, -0.1) is 0 Å². The highest BCUT2D eigenvalue weighted by molar-refractivity contribution is 4.41. The average Bonchev–Trinajstić information content (AvgIpc) is 2.15. The van der Waals surface area contributed by atoms with Gasteiger partial charge in [-0.2, -0.15) is 0 Å². The fourth-order valence-electron chi connectivity index (χ4n) is 0.669. The fourth-order valence-corrected chi connectivity index (χ4v) is 0.669. The molecule has 3 heteroatoms. The molecule has 12 heavy (non-hydrogen) atoms. The maximum absolute atomic E-state index is 5.19. The van der Waals surface area contributed by atoms with Gasteiger partial charge in [-0.05, 0) is 6.92 Å². The van der Waals surface area contributed by atoms with E-state index in [1.807, 2.05) is 20.8 Å². The van der Waals surface area contributed by atoms with Crippen molar-refractivity contribution in [2.24, 2.45) is 0 Å². The Bertz CT molecular complexity index is 66.8. The lowest BCUT2D eigenvalue weighted by Crippen LogP contribution is -2.17. The van der Waals surface area contributed by atoms with Crippen molar-refractivity contribution in [2.75, 3.05) is 27.4 Å². The number of hydrogen-bond acceptors (Lipinski definition) is 3. The van der Waals surface area contributed by atoms with Gasteiger partial charge in [0.1, 0.15) is 0 Å². The Hall–Kier alpha value is -0.120. The highest BCUT2D eigenvalue weighted by Gasteiger charge is 2.03. The highest BCUT2D eigenvalue weighted by atomic mass is 16.7. The summed E-state index contributed by atoms with van der Waals surface area (Å²) < 4.78 is 15.0. The molecule has 0 aromatic carbocycles. The van der Waals surface area contributed by atoms with E-state index in [0.29, 0.717) is 13.2 Å². The SMILES string of the molecule is CC.CCOC(CCOC)OC. The van der Waals surface area contributed by atoms with Crippen LogP contribution in [0.15, 0.2) is 0 Å². The number of rotatable bonds is 6. The van der Waals surface area contributed by atoms with Crippen molar-refractivity contribution in [3.63, 3.8) is 0 Å². The van der Waals surface area contributed by atoms with Gasteiger partial charge in [-0.25, -0.2) is 0 Å². The van der Waals surface area contributed by atoms with Gasteiger partial charge in [-0.3, -0.25) is 0 Å². The summed E-state index contributed by atoms with van der Waals surface area (Å²) in [6, 6.07) is 0. The molecule has 1 unspecified atom stereocenters. The van der Waals surface area contributed by atoms with Crippen molar-refractivity contribution in [1.29, 1.82) is 0 Å². The number of hydrogen-bond donors (Lipinski definition) is 0. The van der Waals surface area contributed by atoms with Crippen molar-refractivity contribution in [1.82, 2.24) is 0 Å². The van der Waals surface area contributed by atoms with Crippen LogP contribution in [0.5, 0.6) is 0 Å². The highest BCUT2D eigenvalue weighted by Crippen LogP contribution is 1.98. The van der Waals surface area contributed by atoms with Crippen molar-refractivity contribution >= 4 is 0 Å². The minimum atomic E-state index is -0.107. The Morgan fingerprint density at radius 2 is 1.75 bits per heavy atom. The van der Waals surface area contributed by atoms with E-state index in [4.69, 9.17) is 14.2 Å². The third-order valence-corrected chi connectivity index (χ3v) is 1.17. The molecule has 0 aliphatic heterocycles. The minimum Gasteiger partial charge on any atom is -0.384 e. The predicted octanol–water partition coefficient (Wildman–Crippen LogP) is 2.06. The van der Waals surface area contributed by atoms with E-state index >= 15 is 0 Å². The molecule has 0 saturated carbocycles. The molecule has 0 bridgehead atoms. The van der Waals surface area contributed by atoms with E-state index < -0.39 is 0 Å². The summed E-state index contributed by atoms with van der Waals surface area (Å²) in [5, 5.41) is 0. The summed E-state index contributed by atoms with van der Waals surface area (Å²) >= 11 is 0. The van der Waals surface area contributed by atoms with E-state index in [1.165, 1.54) is 0 Å². The van der Waals surface area contributed by atoms with Crippen molar-refractivity contribution in [3.05, 3.63) is 0 Å². The summed E-state index contributed by atoms with van der Waals surface area (Å²) in [7, 11) is 3.30. The number of methoxy groups -OCH3 is 2. The lowest BCUT2D eigenvalue weighted by atomic mass is 10.4. The van der Waals surface area contributed by atoms with Gasteiger partial charge >= 0.3 is 0 Å². The summed E-state index contributed by atoms with van der Waals surface area (Å²) in [5.74, 6) is 0. The lowest BCUT2D eigenvalue weighted by molar-refractivity contribution is -0.130. The molecule has 0 saturated heterocycles. The van der Waals surface area contributed by atoms with Crippen LogP contribution in [0.2, 0.25) is 0 Å². The standard InChI is InChI=1S/C7H16O3.C2H6/c1-4-10-7(9-3)5-6-8-2;1-2/h7H,4-6H2,1-3H3;1-2H3. The first kappa shape index (κ1) is 14.4. The van der Waals surface area contributed by atoms with Crippen molar-refractivity contribution in [2.45, 2.75) is 33.5 Å². The molecule has 0 aliphatic carbocycles.